The highest BCUT2D eigenvalue weighted by Gasteiger charge is 2.52. The number of amides is 3. The number of halogens is 3. The van der Waals surface area contributed by atoms with Gasteiger partial charge in [0.25, 0.3) is 5.91 Å². The van der Waals surface area contributed by atoms with Gasteiger partial charge in [-0.05, 0) is 38.0 Å². The number of carbonyl (C=O) groups is 4. The van der Waals surface area contributed by atoms with Crippen molar-refractivity contribution >= 4 is 23.5 Å². The van der Waals surface area contributed by atoms with Crippen molar-refractivity contribution in [1.82, 2.24) is 10.6 Å². The molecule has 2 rings (SSSR count). The van der Waals surface area contributed by atoms with Gasteiger partial charge in [-0.1, -0.05) is 13.8 Å². The third kappa shape index (κ3) is 6.64. The Labute approximate surface area is 183 Å². The van der Waals surface area contributed by atoms with Crippen LogP contribution in [0.15, 0.2) is 0 Å². The van der Waals surface area contributed by atoms with E-state index in [0.29, 0.717) is 19.4 Å². The van der Waals surface area contributed by atoms with E-state index in [9.17, 15) is 32.3 Å². The van der Waals surface area contributed by atoms with E-state index in [1.807, 2.05) is 13.8 Å². The van der Waals surface area contributed by atoms with Crippen LogP contribution in [0.1, 0.15) is 46.0 Å². The minimum Gasteiger partial charge on any atom is -0.367 e. The summed E-state index contributed by atoms with van der Waals surface area (Å²) in [6, 6.07) is -1.40. The molecule has 0 aliphatic carbocycles. The van der Waals surface area contributed by atoms with Crippen LogP contribution in [-0.4, -0.2) is 61.3 Å². The molecule has 2 aliphatic heterocycles. The maximum absolute atomic E-state index is 13.2. The van der Waals surface area contributed by atoms with Crippen molar-refractivity contribution in [2.75, 3.05) is 19.8 Å². The second kappa shape index (κ2) is 10.6. The Morgan fingerprint density at radius 1 is 1.34 bits per heavy atom. The van der Waals surface area contributed by atoms with E-state index in [2.05, 4.69) is 15.4 Å². The van der Waals surface area contributed by atoms with Crippen LogP contribution in [0.2, 0.25) is 0 Å². The van der Waals surface area contributed by atoms with E-state index < -0.39 is 54.0 Å². The van der Waals surface area contributed by atoms with E-state index in [1.54, 1.807) is 0 Å². The number of ether oxygens (including phenoxy) is 2. The normalized spacial score (nSPS) is 25.4. The van der Waals surface area contributed by atoms with Gasteiger partial charge < -0.3 is 21.1 Å². The largest absolute Gasteiger partial charge is 0.522 e. The zero-order chi connectivity index (χ0) is 24.1. The van der Waals surface area contributed by atoms with E-state index in [1.165, 1.54) is 0 Å². The van der Waals surface area contributed by atoms with Crippen molar-refractivity contribution in [2.24, 2.45) is 23.5 Å². The Balaban J connectivity index is 2.24. The van der Waals surface area contributed by atoms with E-state index >= 15 is 0 Å². The van der Waals surface area contributed by atoms with Crippen LogP contribution < -0.4 is 16.4 Å². The molecule has 2 saturated heterocycles. The minimum absolute atomic E-state index is 0.0468. The predicted molar refractivity (Wildman–Crippen MR) is 105 cm³/mol. The van der Waals surface area contributed by atoms with Gasteiger partial charge in [0.15, 0.2) is 11.4 Å². The summed E-state index contributed by atoms with van der Waals surface area (Å²) >= 11 is 0. The molecular weight excluding hydrogens is 435 g/mol. The van der Waals surface area contributed by atoms with Crippen molar-refractivity contribution in [3.63, 3.8) is 0 Å². The fourth-order valence-electron chi connectivity index (χ4n) is 4.23. The Morgan fingerprint density at radius 3 is 2.50 bits per heavy atom. The maximum atomic E-state index is 13.2. The fraction of sp³-hybridized carbons (Fsp3) is 0.800. The molecule has 2 aliphatic rings. The van der Waals surface area contributed by atoms with Gasteiger partial charge in [0.05, 0.1) is 12.0 Å². The molecule has 0 spiro atoms. The summed E-state index contributed by atoms with van der Waals surface area (Å²) in [6.45, 7) is 2.94. The number of nitrogens with one attached hydrogen (secondary N) is 2. The first-order valence-electron chi connectivity index (χ1n) is 10.6. The van der Waals surface area contributed by atoms with Crippen LogP contribution in [0.4, 0.5) is 13.2 Å². The van der Waals surface area contributed by atoms with Gasteiger partial charge in [-0.25, -0.2) is 0 Å². The van der Waals surface area contributed by atoms with Crippen LogP contribution >= 0.6 is 0 Å². The Morgan fingerprint density at radius 2 is 2.03 bits per heavy atom. The van der Waals surface area contributed by atoms with E-state index in [-0.39, 0.29) is 37.7 Å². The highest BCUT2D eigenvalue weighted by Crippen LogP contribution is 2.37. The second-order valence-corrected chi connectivity index (χ2v) is 8.66. The van der Waals surface area contributed by atoms with Crippen LogP contribution in [0.3, 0.4) is 0 Å². The molecular formula is C20H30F3N3O6. The molecule has 0 aromatic heterocycles. The summed E-state index contributed by atoms with van der Waals surface area (Å²) in [5.41, 5.74) is 4.01. The smallest absolute Gasteiger partial charge is 0.367 e. The number of hydrogen-bond donors (Lipinski definition) is 3. The highest BCUT2D eigenvalue weighted by molar-refractivity contribution is 5.95. The van der Waals surface area contributed by atoms with Gasteiger partial charge in [-0.3, -0.25) is 23.9 Å². The van der Waals surface area contributed by atoms with Gasteiger partial charge in [0, 0.05) is 19.1 Å². The van der Waals surface area contributed by atoms with Gasteiger partial charge in [0.2, 0.25) is 11.8 Å². The topological polar surface area (TPSA) is 137 Å². The summed E-state index contributed by atoms with van der Waals surface area (Å²) in [7, 11) is 0. The molecule has 9 nitrogen and oxygen atoms in total. The molecule has 1 unspecified atom stereocenters. The van der Waals surface area contributed by atoms with Gasteiger partial charge in [-0.2, -0.15) is 0 Å². The van der Waals surface area contributed by atoms with Crippen LogP contribution in [-0.2, 0) is 28.7 Å². The van der Waals surface area contributed by atoms with Crippen LogP contribution in [0.5, 0.6) is 0 Å². The maximum Gasteiger partial charge on any atom is 0.522 e. The number of alkyl halides is 3. The van der Waals surface area contributed by atoms with Crippen molar-refractivity contribution in [1.29, 1.82) is 0 Å². The molecule has 182 valence electrons. The third-order valence-corrected chi connectivity index (χ3v) is 5.82. The summed E-state index contributed by atoms with van der Waals surface area (Å²) in [4.78, 5) is 49.9. The van der Waals surface area contributed by atoms with Crippen molar-refractivity contribution < 1.29 is 41.8 Å². The number of nitrogens with two attached hydrogens (primary N) is 1. The minimum atomic E-state index is -5.02. The van der Waals surface area contributed by atoms with Crippen molar-refractivity contribution in [3.8, 4) is 0 Å². The first-order chi connectivity index (χ1) is 14.9. The second-order valence-electron chi connectivity index (χ2n) is 8.66. The monoisotopic (exact) mass is 465 g/mol. The molecule has 2 heterocycles. The predicted octanol–water partition coefficient (Wildman–Crippen LogP) is 0.800. The molecule has 0 bridgehead atoms. The van der Waals surface area contributed by atoms with E-state index in [0.717, 1.165) is 0 Å². The molecule has 4 N–H and O–H groups in total. The molecule has 12 heteroatoms. The average Bonchev–Trinajstić information content (AvgIpc) is 3.33. The van der Waals surface area contributed by atoms with Gasteiger partial charge >= 0.3 is 6.36 Å². The highest BCUT2D eigenvalue weighted by atomic mass is 19.4. The SMILES string of the molecule is CC(C)C[C@H](C(=O)N[C@@H](C[C@@H]1CCNC1=O)C(=O)COC(F)(F)F)C1(C(N)=O)CCCO1. The van der Waals surface area contributed by atoms with Gasteiger partial charge in [-0.15, -0.1) is 13.2 Å². The first-order valence-corrected chi connectivity index (χ1v) is 10.6. The summed E-state index contributed by atoms with van der Waals surface area (Å²) < 4.78 is 46.5. The van der Waals surface area contributed by atoms with E-state index in [4.69, 9.17) is 10.5 Å². The third-order valence-electron chi connectivity index (χ3n) is 5.82. The lowest BCUT2D eigenvalue weighted by atomic mass is 9.78. The van der Waals surface area contributed by atoms with Crippen LogP contribution in [0, 0.1) is 17.8 Å². The number of rotatable bonds is 11. The molecule has 0 saturated carbocycles. The summed E-state index contributed by atoms with van der Waals surface area (Å²) in [6.07, 6.45) is -3.90. The molecule has 0 radical (unpaired) electrons. The fourth-order valence-corrected chi connectivity index (χ4v) is 4.23. The summed E-state index contributed by atoms with van der Waals surface area (Å²) in [5.74, 6) is -4.66. The lowest BCUT2D eigenvalue weighted by molar-refractivity contribution is -0.321. The lowest BCUT2D eigenvalue weighted by Crippen LogP contribution is -2.57. The molecule has 3 amide bonds. The number of Topliss-reactive ketones (excluding diaryl/α,β-unsaturated/α-hetero) is 1. The number of primary amides is 1. The zero-order valence-corrected chi connectivity index (χ0v) is 18.1. The van der Waals surface area contributed by atoms with Crippen molar-refractivity contribution in [3.05, 3.63) is 0 Å². The summed E-state index contributed by atoms with van der Waals surface area (Å²) in [5, 5.41) is 5.04. The number of carbonyl (C=O) groups excluding carboxylic acids is 4. The number of ketones is 1. The van der Waals surface area contributed by atoms with Crippen molar-refractivity contribution in [2.45, 2.75) is 64.0 Å². The lowest BCUT2D eigenvalue weighted by Gasteiger charge is -2.35. The van der Waals surface area contributed by atoms with Gasteiger partial charge in [0.1, 0.15) is 6.61 Å². The Kier molecular flexibility index (Phi) is 8.63. The molecule has 4 atom stereocenters. The molecule has 0 aromatic carbocycles. The molecule has 32 heavy (non-hydrogen) atoms. The molecule has 2 fully saturated rings. The first kappa shape index (κ1) is 26.0. The zero-order valence-electron chi connectivity index (χ0n) is 18.1. The number of hydrogen-bond acceptors (Lipinski definition) is 6. The Hall–Kier alpha value is -2.21. The average molecular weight is 465 g/mol. The molecule has 0 aromatic rings. The Bertz CT molecular complexity index is 722. The standard InChI is InChI=1S/C20H30F3N3O6/c1-11(2)8-13(19(18(24)30)5-3-7-31-19)17(29)26-14(9-12-4-6-25-16(12)28)15(27)10-32-20(21,22)23/h11-14H,3-10H2,1-2H3,(H2,24,30)(H,25,28)(H,26,29)/t12-,13+,14-,19?/m0/s1. The van der Waals surface area contributed by atoms with Crippen LogP contribution in [0.25, 0.3) is 0 Å². The quantitative estimate of drug-likeness (QED) is 0.413.